The van der Waals surface area contributed by atoms with Crippen LogP contribution in [0.5, 0.6) is 5.75 Å². The van der Waals surface area contributed by atoms with Crippen LogP contribution in [0.2, 0.25) is 0 Å². The molecule has 0 aliphatic rings. The summed E-state index contributed by atoms with van der Waals surface area (Å²) in [6.07, 6.45) is 1.36. The molecule has 0 radical (unpaired) electrons. The minimum absolute atomic E-state index is 0.0246. The van der Waals surface area contributed by atoms with Crippen molar-refractivity contribution in [2.75, 3.05) is 6.61 Å². The molecule has 0 aliphatic heterocycles. The van der Waals surface area contributed by atoms with Crippen molar-refractivity contribution in [1.82, 2.24) is 5.43 Å². The van der Waals surface area contributed by atoms with Crippen molar-refractivity contribution < 1.29 is 14.5 Å². The largest absolute Gasteiger partial charge is 0.483 e. The number of nitro groups is 1. The fourth-order valence-electron chi connectivity index (χ4n) is 1.98. The number of hydrogen-bond donors (Lipinski definition) is 1. The van der Waals surface area contributed by atoms with Crippen molar-refractivity contribution in [3.05, 3.63) is 56.5 Å². The molecule has 0 spiro atoms. The van der Waals surface area contributed by atoms with Gasteiger partial charge in [0, 0.05) is 6.07 Å². The van der Waals surface area contributed by atoms with Crippen molar-refractivity contribution in [3.63, 3.8) is 0 Å². The summed E-state index contributed by atoms with van der Waals surface area (Å²) in [6, 6.07) is 8.89. The molecule has 0 atom stereocenters. The van der Waals surface area contributed by atoms with Gasteiger partial charge in [0.1, 0.15) is 5.75 Å². The summed E-state index contributed by atoms with van der Waals surface area (Å²) < 4.78 is 5.56. The number of thiophene rings is 1. The Morgan fingerprint density at radius 3 is 2.80 bits per heavy atom. The van der Waals surface area contributed by atoms with Crippen LogP contribution in [0.3, 0.4) is 0 Å². The molecule has 25 heavy (non-hydrogen) atoms. The SMILES string of the molecule is Cc1ccc(C(C)C)cc1OCC(=O)NN=Cc1ccc([N+](=O)[O-])s1. The Morgan fingerprint density at radius 1 is 1.40 bits per heavy atom. The zero-order valence-electron chi connectivity index (χ0n) is 14.2. The highest BCUT2D eigenvalue weighted by Crippen LogP contribution is 2.24. The van der Waals surface area contributed by atoms with Gasteiger partial charge in [0.2, 0.25) is 0 Å². The summed E-state index contributed by atoms with van der Waals surface area (Å²) in [7, 11) is 0. The van der Waals surface area contributed by atoms with Gasteiger partial charge in [-0.05, 0) is 36.1 Å². The number of hydrazone groups is 1. The summed E-state index contributed by atoms with van der Waals surface area (Å²) in [5.41, 5.74) is 4.43. The molecule has 8 heteroatoms. The Kier molecular flexibility index (Phi) is 6.24. The van der Waals surface area contributed by atoms with Crippen LogP contribution in [-0.4, -0.2) is 23.7 Å². The number of benzene rings is 1. The molecule has 132 valence electrons. The van der Waals surface area contributed by atoms with E-state index in [1.807, 2.05) is 25.1 Å². The number of hydrogen-bond acceptors (Lipinski definition) is 6. The maximum atomic E-state index is 11.8. The smallest absolute Gasteiger partial charge is 0.324 e. The normalized spacial score (nSPS) is 11.0. The third-order valence-corrected chi connectivity index (χ3v) is 4.38. The second-order valence-corrected chi connectivity index (χ2v) is 6.79. The molecule has 1 aromatic carbocycles. The van der Waals surface area contributed by atoms with Gasteiger partial charge in [0.05, 0.1) is 16.0 Å². The minimum atomic E-state index is -0.470. The van der Waals surface area contributed by atoms with Gasteiger partial charge in [-0.3, -0.25) is 14.9 Å². The number of aryl methyl sites for hydroxylation is 1. The van der Waals surface area contributed by atoms with Crippen LogP contribution in [0.1, 0.15) is 35.8 Å². The molecule has 0 unspecified atom stereocenters. The van der Waals surface area contributed by atoms with Crippen molar-refractivity contribution in [2.45, 2.75) is 26.7 Å². The van der Waals surface area contributed by atoms with E-state index in [0.717, 1.165) is 22.5 Å². The lowest BCUT2D eigenvalue weighted by Crippen LogP contribution is -2.24. The fraction of sp³-hybridized carbons (Fsp3) is 0.294. The molecule has 0 bridgehead atoms. The zero-order valence-corrected chi connectivity index (χ0v) is 15.0. The highest BCUT2D eigenvalue weighted by atomic mass is 32.1. The molecule has 1 heterocycles. The van der Waals surface area contributed by atoms with E-state index in [4.69, 9.17) is 4.74 Å². The molecule has 2 aromatic rings. The van der Waals surface area contributed by atoms with Crippen LogP contribution in [0.25, 0.3) is 0 Å². The summed E-state index contributed by atoms with van der Waals surface area (Å²) >= 11 is 0.978. The third kappa shape index (κ3) is 5.39. The Labute approximate surface area is 149 Å². The van der Waals surface area contributed by atoms with Crippen LogP contribution >= 0.6 is 11.3 Å². The van der Waals surface area contributed by atoms with E-state index in [-0.39, 0.29) is 11.6 Å². The topological polar surface area (TPSA) is 93.8 Å². The highest BCUT2D eigenvalue weighted by Gasteiger charge is 2.09. The Bertz CT molecular complexity index is 799. The second kappa shape index (κ2) is 8.39. The number of nitrogens with one attached hydrogen (secondary N) is 1. The molecular formula is C17H19N3O4S. The lowest BCUT2D eigenvalue weighted by molar-refractivity contribution is -0.380. The average Bonchev–Trinajstić information content (AvgIpc) is 3.03. The first kappa shape index (κ1) is 18.6. The van der Waals surface area contributed by atoms with Gasteiger partial charge in [0.15, 0.2) is 6.61 Å². The molecule has 0 saturated carbocycles. The number of carbonyl (C=O) groups excluding carboxylic acids is 1. The number of nitrogens with zero attached hydrogens (tertiary/aromatic N) is 2. The van der Waals surface area contributed by atoms with E-state index in [9.17, 15) is 14.9 Å². The van der Waals surface area contributed by atoms with Crippen molar-refractivity contribution in [3.8, 4) is 5.75 Å². The predicted octanol–water partition coefficient (Wildman–Crippen LogP) is 3.62. The molecule has 1 aromatic heterocycles. The Balaban J connectivity index is 1.87. The third-order valence-electron chi connectivity index (χ3n) is 3.41. The zero-order chi connectivity index (χ0) is 18.4. The average molecular weight is 361 g/mol. The first-order valence-electron chi connectivity index (χ1n) is 7.66. The molecule has 2 rings (SSSR count). The molecular weight excluding hydrogens is 342 g/mol. The predicted molar refractivity (Wildman–Crippen MR) is 97.5 cm³/mol. The van der Waals surface area contributed by atoms with E-state index in [2.05, 4.69) is 24.4 Å². The van der Waals surface area contributed by atoms with Gasteiger partial charge in [0.25, 0.3) is 5.91 Å². The van der Waals surface area contributed by atoms with Crippen LogP contribution in [0.15, 0.2) is 35.4 Å². The number of amides is 1. The van der Waals surface area contributed by atoms with E-state index in [1.54, 1.807) is 6.07 Å². The van der Waals surface area contributed by atoms with Crippen LogP contribution in [0.4, 0.5) is 5.00 Å². The van der Waals surface area contributed by atoms with Crippen LogP contribution < -0.4 is 10.2 Å². The van der Waals surface area contributed by atoms with Gasteiger partial charge >= 0.3 is 5.00 Å². The van der Waals surface area contributed by atoms with Crippen LogP contribution in [-0.2, 0) is 4.79 Å². The van der Waals surface area contributed by atoms with Crippen molar-refractivity contribution in [2.24, 2.45) is 5.10 Å². The lowest BCUT2D eigenvalue weighted by atomic mass is 10.0. The summed E-state index contributed by atoms with van der Waals surface area (Å²) in [5, 5.41) is 14.4. The van der Waals surface area contributed by atoms with Gasteiger partial charge in [-0.15, -0.1) is 0 Å². The van der Waals surface area contributed by atoms with E-state index in [0.29, 0.717) is 16.5 Å². The molecule has 1 amide bonds. The van der Waals surface area contributed by atoms with Gasteiger partial charge in [-0.25, -0.2) is 5.43 Å². The number of rotatable bonds is 7. The first-order valence-corrected chi connectivity index (χ1v) is 8.48. The Morgan fingerprint density at radius 2 is 2.16 bits per heavy atom. The van der Waals surface area contributed by atoms with Crippen LogP contribution in [0, 0.1) is 17.0 Å². The second-order valence-electron chi connectivity index (χ2n) is 5.69. The molecule has 0 fully saturated rings. The van der Waals surface area contributed by atoms with E-state index < -0.39 is 10.8 Å². The van der Waals surface area contributed by atoms with Gasteiger partial charge in [-0.2, -0.15) is 5.10 Å². The van der Waals surface area contributed by atoms with E-state index in [1.165, 1.54) is 12.3 Å². The highest BCUT2D eigenvalue weighted by molar-refractivity contribution is 7.16. The van der Waals surface area contributed by atoms with E-state index >= 15 is 0 Å². The monoisotopic (exact) mass is 361 g/mol. The molecule has 7 nitrogen and oxygen atoms in total. The van der Waals surface area contributed by atoms with Gasteiger partial charge in [-0.1, -0.05) is 37.3 Å². The summed E-state index contributed by atoms with van der Waals surface area (Å²) in [6.45, 7) is 5.93. The molecule has 1 N–H and O–H groups in total. The fourth-order valence-corrected chi connectivity index (χ4v) is 2.68. The quantitative estimate of drug-likeness (QED) is 0.463. The number of ether oxygens (including phenoxy) is 1. The van der Waals surface area contributed by atoms with Crippen molar-refractivity contribution in [1.29, 1.82) is 0 Å². The van der Waals surface area contributed by atoms with Crippen molar-refractivity contribution >= 4 is 28.5 Å². The Hall–Kier alpha value is -2.74. The first-order chi connectivity index (χ1) is 11.9. The maximum Gasteiger partial charge on any atom is 0.324 e. The minimum Gasteiger partial charge on any atom is -0.483 e. The summed E-state index contributed by atoms with van der Waals surface area (Å²) in [4.78, 5) is 22.5. The molecule has 0 saturated heterocycles. The summed E-state index contributed by atoms with van der Waals surface area (Å²) in [5.74, 6) is 0.632. The lowest BCUT2D eigenvalue weighted by Gasteiger charge is -2.12. The van der Waals surface area contributed by atoms with Gasteiger partial charge < -0.3 is 4.74 Å². The number of carbonyl (C=O) groups is 1. The standard InChI is InChI=1S/C17H19N3O4S/c1-11(2)13-5-4-12(3)15(8-13)24-10-16(21)19-18-9-14-6-7-17(25-14)20(22)23/h4-9,11H,10H2,1-3H3,(H,19,21). The molecule has 0 aliphatic carbocycles. The maximum absolute atomic E-state index is 11.8.